The third-order valence-electron chi connectivity index (χ3n) is 5.46. The third-order valence-corrected chi connectivity index (χ3v) is 5.46. The molecule has 5 nitrogen and oxygen atoms in total. The van der Waals surface area contributed by atoms with Crippen LogP contribution in [-0.4, -0.2) is 48.8 Å². The lowest BCUT2D eigenvalue weighted by atomic mass is 9.96. The van der Waals surface area contributed by atoms with Crippen molar-refractivity contribution in [3.8, 4) is 0 Å². The first-order valence-corrected chi connectivity index (χ1v) is 9.68. The molecule has 2 aliphatic rings. The van der Waals surface area contributed by atoms with Gasteiger partial charge in [0.05, 0.1) is 12.2 Å². The summed E-state index contributed by atoms with van der Waals surface area (Å²) in [5.74, 6) is 0.629. The standard InChI is InChI=1S/C20H34N4O/c1-14-11-24(12-15(2)25-14)13-19-7-5-18(6-8-19)9-21-10-20-16(3)22-23-17(20)4/h5-8,14-17,20-23H,9-13H2,1-4H3. The first-order valence-electron chi connectivity index (χ1n) is 9.68. The smallest absolute Gasteiger partial charge is 0.0678 e. The van der Waals surface area contributed by atoms with Gasteiger partial charge in [0.2, 0.25) is 0 Å². The van der Waals surface area contributed by atoms with E-state index < -0.39 is 0 Å². The second-order valence-electron chi connectivity index (χ2n) is 7.93. The lowest BCUT2D eigenvalue weighted by molar-refractivity contribution is -0.0704. The zero-order chi connectivity index (χ0) is 17.8. The Morgan fingerprint density at radius 1 is 0.960 bits per heavy atom. The van der Waals surface area contributed by atoms with Gasteiger partial charge in [-0.15, -0.1) is 0 Å². The molecule has 2 fully saturated rings. The lowest BCUT2D eigenvalue weighted by Crippen LogP contribution is -2.44. The molecule has 0 amide bonds. The number of hydrazine groups is 1. The summed E-state index contributed by atoms with van der Waals surface area (Å²) in [5, 5.41) is 3.61. The molecule has 3 rings (SSSR count). The topological polar surface area (TPSA) is 48.6 Å². The first kappa shape index (κ1) is 18.8. The van der Waals surface area contributed by atoms with Crippen LogP contribution in [0.5, 0.6) is 0 Å². The average Bonchev–Trinajstić information content (AvgIpc) is 2.87. The fourth-order valence-electron chi connectivity index (χ4n) is 4.08. The second-order valence-corrected chi connectivity index (χ2v) is 7.93. The van der Waals surface area contributed by atoms with Crippen LogP contribution in [0.4, 0.5) is 0 Å². The minimum Gasteiger partial charge on any atom is -0.373 e. The van der Waals surface area contributed by atoms with Crippen molar-refractivity contribution in [2.75, 3.05) is 19.6 Å². The van der Waals surface area contributed by atoms with Crippen LogP contribution in [-0.2, 0) is 17.8 Å². The number of morpholine rings is 1. The Bertz CT molecular complexity index is 515. The number of benzene rings is 1. The molecule has 1 aromatic carbocycles. The number of nitrogens with zero attached hydrogens (tertiary/aromatic N) is 1. The largest absolute Gasteiger partial charge is 0.373 e. The van der Waals surface area contributed by atoms with Crippen LogP contribution in [0.25, 0.3) is 0 Å². The van der Waals surface area contributed by atoms with E-state index in [0.29, 0.717) is 30.2 Å². The van der Waals surface area contributed by atoms with Gasteiger partial charge in [0.15, 0.2) is 0 Å². The van der Waals surface area contributed by atoms with Crippen LogP contribution in [0.1, 0.15) is 38.8 Å². The van der Waals surface area contributed by atoms with Crippen molar-refractivity contribution in [1.29, 1.82) is 0 Å². The van der Waals surface area contributed by atoms with Gasteiger partial charge in [0.25, 0.3) is 0 Å². The summed E-state index contributed by atoms with van der Waals surface area (Å²) in [5.41, 5.74) is 9.37. The lowest BCUT2D eigenvalue weighted by Gasteiger charge is -2.35. The van der Waals surface area contributed by atoms with E-state index in [1.165, 1.54) is 11.1 Å². The van der Waals surface area contributed by atoms with E-state index in [9.17, 15) is 0 Å². The highest BCUT2D eigenvalue weighted by Gasteiger charge is 2.29. The van der Waals surface area contributed by atoms with E-state index in [1.807, 2.05) is 0 Å². The first-order chi connectivity index (χ1) is 12.0. The molecular formula is C20H34N4O. The highest BCUT2D eigenvalue weighted by molar-refractivity contribution is 5.22. The summed E-state index contributed by atoms with van der Waals surface area (Å²) in [6, 6.07) is 10.1. The molecule has 2 saturated heterocycles. The predicted molar refractivity (Wildman–Crippen MR) is 102 cm³/mol. The fourth-order valence-corrected chi connectivity index (χ4v) is 4.08. The van der Waals surface area contributed by atoms with Gasteiger partial charge in [0.1, 0.15) is 0 Å². The maximum absolute atomic E-state index is 5.82. The molecule has 25 heavy (non-hydrogen) atoms. The van der Waals surface area contributed by atoms with Crippen LogP contribution in [0.15, 0.2) is 24.3 Å². The van der Waals surface area contributed by atoms with Crippen molar-refractivity contribution in [2.45, 2.75) is 65.1 Å². The highest BCUT2D eigenvalue weighted by atomic mass is 16.5. The summed E-state index contributed by atoms with van der Waals surface area (Å²) in [7, 11) is 0. The van der Waals surface area contributed by atoms with E-state index in [2.05, 4.69) is 73.0 Å². The molecule has 4 unspecified atom stereocenters. The molecule has 5 heteroatoms. The summed E-state index contributed by atoms with van der Waals surface area (Å²) in [6.07, 6.45) is 0.660. The van der Waals surface area contributed by atoms with Crippen LogP contribution >= 0.6 is 0 Å². The molecule has 140 valence electrons. The van der Waals surface area contributed by atoms with Crippen molar-refractivity contribution >= 4 is 0 Å². The fraction of sp³-hybridized carbons (Fsp3) is 0.700. The summed E-state index contributed by atoms with van der Waals surface area (Å²) >= 11 is 0. The minimum atomic E-state index is 0.330. The molecule has 0 aromatic heterocycles. The van der Waals surface area contributed by atoms with Gasteiger partial charge in [-0.25, -0.2) is 0 Å². The molecule has 4 atom stereocenters. The molecule has 1 aromatic rings. The molecule has 0 aliphatic carbocycles. The molecule has 3 N–H and O–H groups in total. The Labute approximate surface area is 152 Å². The molecule has 0 bridgehead atoms. The van der Waals surface area contributed by atoms with Gasteiger partial charge >= 0.3 is 0 Å². The quantitative estimate of drug-likeness (QED) is 0.734. The van der Waals surface area contributed by atoms with Gasteiger partial charge in [0, 0.05) is 50.7 Å². The van der Waals surface area contributed by atoms with Crippen molar-refractivity contribution in [2.24, 2.45) is 5.92 Å². The van der Waals surface area contributed by atoms with Crippen molar-refractivity contribution in [1.82, 2.24) is 21.1 Å². The van der Waals surface area contributed by atoms with E-state index in [4.69, 9.17) is 4.74 Å². The van der Waals surface area contributed by atoms with Crippen LogP contribution < -0.4 is 16.2 Å². The highest BCUT2D eigenvalue weighted by Crippen LogP contribution is 2.16. The van der Waals surface area contributed by atoms with Gasteiger partial charge in [-0.2, -0.15) is 0 Å². The predicted octanol–water partition coefficient (Wildman–Crippen LogP) is 1.89. The molecule has 0 spiro atoms. The maximum Gasteiger partial charge on any atom is 0.0678 e. The monoisotopic (exact) mass is 346 g/mol. The molecular weight excluding hydrogens is 312 g/mol. The number of rotatable bonds is 6. The van der Waals surface area contributed by atoms with E-state index in [-0.39, 0.29) is 0 Å². The molecule has 2 aliphatic heterocycles. The van der Waals surface area contributed by atoms with Gasteiger partial charge in [-0.05, 0) is 38.8 Å². The van der Waals surface area contributed by atoms with Gasteiger partial charge in [-0.1, -0.05) is 24.3 Å². The Morgan fingerprint density at radius 2 is 1.52 bits per heavy atom. The van der Waals surface area contributed by atoms with E-state index in [1.54, 1.807) is 0 Å². The Kier molecular flexibility index (Phi) is 6.47. The van der Waals surface area contributed by atoms with Crippen LogP contribution in [0, 0.1) is 5.92 Å². The third kappa shape index (κ3) is 5.25. The Balaban J connectivity index is 1.44. The summed E-state index contributed by atoms with van der Waals surface area (Å²) in [4.78, 5) is 2.50. The SMILES string of the molecule is CC1CN(Cc2ccc(CNCC3C(C)NNC3C)cc2)CC(C)O1. The number of hydrogen-bond donors (Lipinski definition) is 3. The second kappa shape index (κ2) is 8.60. The number of hydrogen-bond acceptors (Lipinski definition) is 5. The Hall–Kier alpha value is -0.980. The van der Waals surface area contributed by atoms with Crippen LogP contribution in [0.3, 0.4) is 0 Å². The molecule has 2 heterocycles. The van der Waals surface area contributed by atoms with E-state index in [0.717, 1.165) is 32.7 Å². The number of ether oxygens (including phenoxy) is 1. The zero-order valence-corrected chi connectivity index (χ0v) is 16.1. The Morgan fingerprint density at radius 3 is 2.12 bits per heavy atom. The molecule has 0 radical (unpaired) electrons. The van der Waals surface area contributed by atoms with Crippen LogP contribution in [0.2, 0.25) is 0 Å². The number of nitrogens with one attached hydrogen (secondary N) is 3. The summed E-state index contributed by atoms with van der Waals surface area (Å²) < 4.78 is 5.82. The van der Waals surface area contributed by atoms with Gasteiger partial charge in [-0.3, -0.25) is 15.8 Å². The summed E-state index contributed by atoms with van der Waals surface area (Å²) in [6.45, 7) is 13.8. The minimum absolute atomic E-state index is 0.330. The van der Waals surface area contributed by atoms with Crippen molar-refractivity contribution in [3.05, 3.63) is 35.4 Å². The van der Waals surface area contributed by atoms with Gasteiger partial charge < -0.3 is 10.1 Å². The normalized spacial score (nSPS) is 33.7. The molecule has 0 saturated carbocycles. The zero-order valence-electron chi connectivity index (χ0n) is 16.1. The van der Waals surface area contributed by atoms with Crippen molar-refractivity contribution < 1.29 is 4.74 Å². The maximum atomic E-state index is 5.82. The average molecular weight is 347 g/mol. The van der Waals surface area contributed by atoms with Crippen molar-refractivity contribution in [3.63, 3.8) is 0 Å². The van der Waals surface area contributed by atoms with E-state index >= 15 is 0 Å².